The van der Waals surface area contributed by atoms with Crippen molar-refractivity contribution in [2.75, 3.05) is 24.2 Å². The fourth-order valence-electron chi connectivity index (χ4n) is 3.67. The van der Waals surface area contributed by atoms with Crippen molar-refractivity contribution in [3.63, 3.8) is 0 Å². The van der Waals surface area contributed by atoms with Crippen molar-refractivity contribution in [2.45, 2.75) is 32.2 Å². The fourth-order valence-corrected chi connectivity index (χ4v) is 4.45. The molecule has 0 radical (unpaired) electrons. The topological polar surface area (TPSA) is 49.4 Å². The van der Waals surface area contributed by atoms with Gasteiger partial charge in [0.2, 0.25) is 10.0 Å². The summed E-state index contributed by atoms with van der Waals surface area (Å²) in [5.41, 5.74) is 3.64. The maximum absolute atomic E-state index is 11.3. The predicted octanol–water partition coefficient (Wildman–Crippen LogP) is 4.60. The average molecular weight is 445 g/mol. The molecule has 1 aliphatic rings. The number of halogens is 2. The van der Waals surface area contributed by atoms with Crippen LogP contribution in [0, 0.1) is 5.92 Å². The van der Waals surface area contributed by atoms with Crippen molar-refractivity contribution in [3.8, 4) is 0 Å². The third-order valence-electron chi connectivity index (χ3n) is 5.12. The zero-order valence-corrected chi connectivity index (χ0v) is 18.8. The van der Waals surface area contributed by atoms with Crippen LogP contribution >= 0.6 is 24.8 Å². The molecule has 0 spiro atoms. The molecule has 4 nitrogen and oxygen atoms in total. The van der Waals surface area contributed by atoms with Crippen LogP contribution in [0.3, 0.4) is 0 Å². The van der Waals surface area contributed by atoms with Crippen molar-refractivity contribution in [3.05, 3.63) is 65.7 Å². The Morgan fingerprint density at radius 2 is 1.71 bits per heavy atom. The number of rotatable bonds is 7. The van der Waals surface area contributed by atoms with E-state index in [9.17, 15) is 8.42 Å². The number of nitrogens with one attached hydrogen (secondary N) is 1. The molecule has 2 aromatic rings. The highest BCUT2D eigenvalue weighted by atomic mass is 35.5. The molecule has 0 saturated carbocycles. The van der Waals surface area contributed by atoms with Crippen LogP contribution < -0.4 is 9.62 Å². The molecule has 1 saturated heterocycles. The first-order valence-electron chi connectivity index (χ1n) is 9.27. The summed E-state index contributed by atoms with van der Waals surface area (Å²) in [4.78, 5) is 2.48. The highest BCUT2D eigenvalue weighted by Gasteiger charge is 2.22. The lowest BCUT2D eigenvalue weighted by molar-refractivity contribution is 0.538. The number of benzene rings is 2. The molecule has 1 fully saturated rings. The molecule has 3 rings (SSSR count). The lowest BCUT2D eigenvalue weighted by Crippen LogP contribution is -2.25. The summed E-state index contributed by atoms with van der Waals surface area (Å²) in [6, 6.07) is 18.7. The zero-order valence-electron chi connectivity index (χ0n) is 16.4. The van der Waals surface area contributed by atoms with E-state index in [1.807, 2.05) is 19.1 Å². The second-order valence-corrected chi connectivity index (χ2v) is 9.11. The molecule has 2 aromatic carbocycles. The van der Waals surface area contributed by atoms with Crippen LogP contribution in [0.2, 0.25) is 0 Å². The normalized spacial score (nSPS) is 17.5. The van der Waals surface area contributed by atoms with E-state index in [1.165, 1.54) is 30.3 Å². The van der Waals surface area contributed by atoms with Gasteiger partial charge in [0, 0.05) is 24.8 Å². The van der Waals surface area contributed by atoms with E-state index in [1.54, 1.807) is 0 Å². The molecule has 1 aliphatic heterocycles. The molecule has 7 heteroatoms. The standard InChI is InChI=1S/C21H28N2O2S.2ClH/c1-17(22-26(2,24)25)20-12-10-18(11-13-20)8-9-19-14-15-23(16-19)21-6-4-3-5-7-21;;/h3-7,10-13,17,19,22H,8-9,14-16H2,1-2H3;2*1H/t17-,19?;;/m1../s1. The van der Waals surface area contributed by atoms with Gasteiger partial charge >= 0.3 is 0 Å². The van der Waals surface area contributed by atoms with Crippen molar-refractivity contribution in [1.82, 2.24) is 4.72 Å². The summed E-state index contributed by atoms with van der Waals surface area (Å²) < 4.78 is 25.3. The molecule has 0 bridgehead atoms. The van der Waals surface area contributed by atoms with Gasteiger partial charge < -0.3 is 4.90 Å². The minimum Gasteiger partial charge on any atom is -0.371 e. The summed E-state index contributed by atoms with van der Waals surface area (Å²) in [6.45, 7) is 4.15. The van der Waals surface area contributed by atoms with Crippen molar-refractivity contribution in [1.29, 1.82) is 0 Å². The van der Waals surface area contributed by atoms with E-state index in [0.717, 1.165) is 31.0 Å². The van der Waals surface area contributed by atoms with E-state index in [4.69, 9.17) is 0 Å². The van der Waals surface area contributed by atoms with E-state index < -0.39 is 10.0 Å². The molecule has 2 atom stereocenters. The van der Waals surface area contributed by atoms with E-state index in [-0.39, 0.29) is 30.9 Å². The largest absolute Gasteiger partial charge is 0.371 e. The Morgan fingerprint density at radius 1 is 1.07 bits per heavy atom. The van der Waals surface area contributed by atoms with E-state index in [2.05, 4.69) is 52.1 Å². The number of aryl methyl sites for hydroxylation is 1. The van der Waals surface area contributed by atoms with Gasteiger partial charge in [-0.1, -0.05) is 42.5 Å². The molecule has 28 heavy (non-hydrogen) atoms. The average Bonchev–Trinajstić information content (AvgIpc) is 3.09. The molecule has 0 aromatic heterocycles. The first-order valence-corrected chi connectivity index (χ1v) is 11.2. The molecule has 1 unspecified atom stereocenters. The van der Waals surface area contributed by atoms with Crippen molar-refractivity contribution < 1.29 is 8.42 Å². The third-order valence-corrected chi connectivity index (χ3v) is 5.90. The summed E-state index contributed by atoms with van der Waals surface area (Å²) in [7, 11) is -3.19. The zero-order chi connectivity index (χ0) is 18.6. The number of anilines is 1. The smallest absolute Gasteiger partial charge is 0.209 e. The van der Waals surface area contributed by atoms with Gasteiger partial charge in [0.15, 0.2) is 0 Å². The lowest BCUT2D eigenvalue weighted by Gasteiger charge is -2.18. The molecular formula is C21H30Cl2N2O2S. The van der Waals surface area contributed by atoms with Crippen LogP contribution in [0.4, 0.5) is 5.69 Å². The van der Waals surface area contributed by atoms with Crippen LogP contribution in [0.25, 0.3) is 0 Å². The first kappa shape index (κ1) is 24.8. The van der Waals surface area contributed by atoms with E-state index >= 15 is 0 Å². The third kappa shape index (κ3) is 7.28. The minimum absolute atomic E-state index is 0. The van der Waals surface area contributed by atoms with Crippen LogP contribution in [0.1, 0.15) is 36.9 Å². The number of para-hydroxylation sites is 1. The van der Waals surface area contributed by atoms with Crippen LogP contribution in [-0.2, 0) is 16.4 Å². The first-order chi connectivity index (χ1) is 12.4. The van der Waals surface area contributed by atoms with Gasteiger partial charge in [-0.3, -0.25) is 0 Å². The molecule has 0 aliphatic carbocycles. The van der Waals surface area contributed by atoms with Crippen LogP contribution in [0.5, 0.6) is 0 Å². The van der Waals surface area contributed by atoms with Gasteiger partial charge in [-0.05, 0) is 55.4 Å². The maximum atomic E-state index is 11.3. The van der Waals surface area contributed by atoms with Crippen molar-refractivity contribution in [2.24, 2.45) is 5.92 Å². The van der Waals surface area contributed by atoms with E-state index in [0.29, 0.717) is 0 Å². The van der Waals surface area contributed by atoms with Gasteiger partial charge in [0.25, 0.3) is 0 Å². The molecule has 1 heterocycles. The second kappa shape index (κ2) is 11.1. The van der Waals surface area contributed by atoms with Crippen LogP contribution in [-0.4, -0.2) is 27.8 Å². The van der Waals surface area contributed by atoms with Gasteiger partial charge in [0.05, 0.1) is 6.26 Å². The van der Waals surface area contributed by atoms with Gasteiger partial charge in [-0.2, -0.15) is 0 Å². The fraction of sp³-hybridized carbons (Fsp3) is 0.429. The highest BCUT2D eigenvalue weighted by Crippen LogP contribution is 2.26. The second-order valence-electron chi connectivity index (χ2n) is 7.33. The summed E-state index contributed by atoms with van der Waals surface area (Å²) in [5.74, 6) is 0.737. The predicted molar refractivity (Wildman–Crippen MR) is 122 cm³/mol. The van der Waals surface area contributed by atoms with Crippen molar-refractivity contribution >= 4 is 40.5 Å². The number of nitrogens with zero attached hydrogens (tertiary/aromatic N) is 1. The van der Waals surface area contributed by atoms with Crippen LogP contribution in [0.15, 0.2) is 54.6 Å². The Hall–Kier alpha value is -1.27. The Balaban J connectivity index is 0.00000196. The quantitative estimate of drug-likeness (QED) is 0.678. The monoisotopic (exact) mass is 444 g/mol. The molecular weight excluding hydrogens is 415 g/mol. The Bertz CT molecular complexity index is 814. The number of sulfonamides is 1. The minimum atomic E-state index is -3.19. The summed E-state index contributed by atoms with van der Waals surface area (Å²) in [5, 5.41) is 0. The van der Waals surface area contributed by atoms with Gasteiger partial charge in [0.1, 0.15) is 0 Å². The maximum Gasteiger partial charge on any atom is 0.209 e. The molecule has 1 N–H and O–H groups in total. The van der Waals surface area contributed by atoms with Gasteiger partial charge in [-0.15, -0.1) is 24.8 Å². The Kier molecular flexibility index (Phi) is 9.78. The Labute approximate surface area is 181 Å². The Morgan fingerprint density at radius 3 is 2.32 bits per heavy atom. The summed E-state index contributed by atoms with van der Waals surface area (Å²) >= 11 is 0. The number of hydrogen-bond donors (Lipinski definition) is 1. The lowest BCUT2D eigenvalue weighted by atomic mass is 9.97. The summed E-state index contributed by atoms with van der Waals surface area (Å²) in [6.07, 6.45) is 4.71. The van der Waals surface area contributed by atoms with Gasteiger partial charge in [-0.25, -0.2) is 13.1 Å². The SMILES string of the molecule is C[C@@H](NS(C)(=O)=O)c1ccc(CCC2CCN(c3ccccc3)C2)cc1.Cl.Cl. The highest BCUT2D eigenvalue weighted by molar-refractivity contribution is 7.88. The molecule has 156 valence electrons. The number of hydrogen-bond acceptors (Lipinski definition) is 3. The molecule has 0 amide bonds.